The van der Waals surface area contributed by atoms with Crippen molar-refractivity contribution in [1.29, 1.82) is 0 Å². The molecule has 0 unspecified atom stereocenters. The SMILES string of the molecule is Cc1ccccc1CCC(=O)Cc1ccc(Br)cc1F. The van der Waals surface area contributed by atoms with Crippen LogP contribution in [0.4, 0.5) is 4.39 Å². The second-order valence-corrected chi connectivity index (χ2v) is 5.79. The first kappa shape index (κ1) is 14.9. The molecule has 0 aliphatic carbocycles. The number of benzene rings is 2. The van der Waals surface area contributed by atoms with Crippen LogP contribution in [-0.2, 0) is 17.6 Å². The van der Waals surface area contributed by atoms with E-state index in [1.807, 2.05) is 31.2 Å². The maximum absolute atomic E-state index is 13.7. The minimum Gasteiger partial charge on any atom is -0.299 e. The quantitative estimate of drug-likeness (QED) is 0.778. The van der Waals surface area contributed by atoms with Gasteiger partial charge in [-0.25, -0.2) is 4.39 Å². The third-order valence-corrected chi connectivity index (χ3v) is 3.83. The summed E-state index contributed by atoms with van der Waals surface area (Å²) in [6.45, 7) is 2.04. The van der Waals surface area contributed by atoms with E-state index in [1.54, 1.807) is 12.1 Å². The summed E-state index contributed by atoms with van der Waals surface area (Å²) >= 11 is 3.21. The molecule has 0 saturated carbocycles. The van der Waals surface area contributed by atoms with Crippen LogP contribution in [-0.4, -0.2) is 5.78 Å². The van der Waals surface area contributed by atoms with Crippen molar-refractivity contribution in [3.8, 4) is 0 Å². The summed E-state index contributed by atoms with van der Waals surface area (Å²) in [6, 6.07) is 12.8. The predicted octanol–water partition coefficient (Wildman–Crippen LogP) is 4.64. The molecule has 0 heterocycles. The molecule has 0 atom stereocenters. The molecule has 0 aliphatic rings. The van der Waals surface area contributed by atoms with E-state index >= 15 is 0 Å². The van der Waals surface area contributed by atoms with E-state index in [2.05, 4.69) is 15.9 Å². The van der Waals surface area contributed by atoms with Crippen LogP contribution in [0.15, 0.2) is 46.9 Å². The normalized spacial score (nSPS) is 10.6. The Kier molecular flexibility index (Phi) is 5.07. The number of halogens is 2. The highest BCUT2D eigenvalue weighted by atomic mass is 79.9. The van der Waals surface area contributed by atoms with E-state index < -0.39 is 0 Å². The van der Waals surface area contributed by atoms with Gasteiger partial charge in [0.05, 0.1) is 0 Å². The van der Waals surface area contributed by atoms with E-state index in [-0.39, 0.29) is 18.0 Å². The molecule has 20 heavy (non-hydrogen) atoms. The Balaban J connectivity index is 1.94. The van der Waals surface area contributed by atoms with Gasteiger partial charge in [0.2, 0.25) is 0 Å². The lowest BCUT2D eigenvalue weighted by atomic mass is 10.00. The number of ketones is 1. The Labute approximate surface area is 127 Å². The molecule has 0 aliphatic heterocycles. The second kappa shape index (κ2) is 6.80. The summed E-state index contributed by atoms with van der Waals surface area (Å²) in [5, 5.41) is 0. The molecule has 0 spiro atoms. The van der Waals surface area contributed by atoms with Crippen molar-refractivity contribution in [3.05, 3.63) is 69.4 Å². The van der Waals surface area contributed by atoms with Gasteiger partial charge in [0, 0.05) is 17.3 Å². The molecule has 0 aromatic heterocycles. The zero-order valence-corrected chi connectivity index (χ0v) is 12.9. The molecule has 0 radical (unpaired) electrons. The summed E-state index contributed by atoms with van der Waals surface area (Å²) in [6.07, 6.45) is 1.31. The Morgan fingerprint density at radius 2 is 1.90 bits per heavy atom. The number of carbonyl (C=O) groups is 1. The molecule has 2 aromatic carbocycles. The van der Waals surface area contributed by atoms with Crippen molar-refractivity contribution < 1.29 is 9.18 Å². The van der Waals surface area contributed by atoms with E-state index in [0.717, 1.165) is 0 Å². The van der Waals surface area contributed by atoms with Crippen molar-refractivity contribution in [2.75, 3.05) is 0 Å². The van der Waals surface area contributed by atoms with Gasteiger partial charge in [-0.3, -0.25) is 4.79 Å². The first-order valence-corrected chi connectivity index (χ1v) is 7.35. The number of hydrogen-bond donors (Lipinski definition) is 0. The average Bonchev–Trinajstić information content (AvgIpc) is 2.41. The van der Waals surface area contributed by atoms with E-state index in [9.17, 15) is 9.18 Å². The molecule has 0 bridgehead atoms. The van der Waals surface area contributed by atoms with E-state index in [4.69, 9.17) is 0 Å². The zero-order valence-electron chi connectivity index (χ0n) is 11.3. The maximum Gasteiger partial charge on any atom is 0.137 e. The zero-order chi connectivity index (χ0) is 14.5. The Morgan fingerprint density at radius 3 is 2.60 bits per heavy atom. The van der Waals surface area contributed by atoms with Crippen molar-refractivity contribution in [2.24, 2.45) is 0 Å². The Morgan fingerprint density at radius 1 is 1.15 bits per heavy atom. The molecule has 0 saturated heterocycles. The van der Waals surface area contributed by atoms with Gasteiger partial charge in [-0.2, -0.15) is 0 Å². The number of aryl methyl sites for hydroxylation is 2. The van der Waals surface area contributed by atoms with Gasteiger partial charge in [-0.15, -0.1) is 0 Å². The van der Waals surface area contributed by atoms with Gasteiger partial charge in [0.1, 0.15) is 11.6 Å². The molecule has 2 rings (SSSR count). The third kappa shape index (κ3) is 4.01. The standard InChI is InChI=1S/C17H16BrFO/c1-12-4-2-3-5-13(12)7-9-16(20)10-14-6-8-15(18)11-17(14)19/h2-6,8,11H,7,9-10H2,1H3. The Bertz CT molecular complexity index is 622. The van der Waals surface area contributed by atoms with Crippen molar-refractivity contribution in [3.63, 3.8) is 0 Å². The van der Waals surface area contributed by atoms with Gasteiger partial charge in [0.15, 0.2) is 0 Å². The van der Waals surface area contributed by atoms with E-state index in [0.29, 0.717) is 22.9 Å². The van der Waals surface area contributed by atoms with Crippen molar-refractivity contribution in [2.45, 2.75) is 26.2 Å². The van der Waals surface area contributed by atoms with Gasteiger partial charge in [-0.1, -0.05) is 46.3 Å². The fraction of sp³-hybridized carbons (Fsp3) is 0.235. The van der Waals surface area contributed by atoms with Crippen LogP contribution in [0, 0.1) is 12.7 Å². The van der Waals surface area contributed by atoms with Gasteiger partial charge >= 0.3 is 0 Å². The lowest BCUT2D eigenvalue weighted by Gasteiger charge is -2.06. The smallest absolute Gasteiger partial charge is 0.137 e. The second-order valence-electron chi connectivity index (χ2n) is 4.88. The maximum atomic E-state index is 13.7. The van der Waals surface area contributed by atoms with Crippen LogP contribution in [0.25, 0.3) is 0 Å². The molecule has 1 nitrogen and oxygen atoms in total. The lowest BCUT2D eigenvalue weighted by Crippen LogP contribution is -2.06. The van der Waals surface area contributed by atoms with Crippen LogP contribution in [0.3, 0.4) is 0 Å². The average molecular weight is 335 g/mol. The fourth-order valence-corrected chi connectivity index (χ4v) is 2.46. The predicted molar refractivity (Wildman–Crippen MR) is 82.3 cm³/mol. The van der Waals surface area contributed by atoms with E-state index in [1.165, 1.54) is 17.2 Å². The number of hydrogen-bond acceptors (Lipinski definition) is 1. The van der Waals surface area contributed by atoms with Crippen LogP contribution in [0.2, 0.25) is 0 Å². The highest BCUT2D eigenvalue weighted by molar-refractivity contribution is 9.10. The topological polar surface area (TPSA) is 17.1 Å². The van der Waals surface area contributed by atoms with Crippen LogP contribution in [0.5, 0.6) is 0 Å². The minimum atomic E-state index is -0.330. The highest BCUT2D eigenvalue weighted by Crippen LogP contribution is 2.17. The summed E-state index contributed by atoms with van der Waals surface area (Å²) < 4.78 is 14.3. The van der Waals surface area contributed by atoms with Gasteiger partial charge in [-0.05, 0) is 42.2 Å². The highest BCUT2D eigenvalue weighted by Gasteiger charge is 2.09. The molecular weight excluding hydrogens is 319 g/mol. The number of carbonyl (C=O) groups excluding carboxylic acids is 1. The summed E-state index contributed by atoms with van der Waals surface area (Å²) in [5.41, 5.74) is 2.83. The lowest BCUT2D eigenvalue weighted by molar-refractivity contribution is -0.118. The molecule has 0 amide bonds. The minimum absolute atomic E-state index is 0.0643. The molecule has 104 valence electrons. The monoisotopic (exact) mass is 334 g/mol. The summed E-state index contributed by atoms with van der Waals surface area (Å²) in [5.74, 6) is -0.266. The molecule has 2 aromatic rings. The summed E-state index contributed by atoms with van der Waals surface area (Å²) in [4.78, 5) is 12.0. The molecular formula is C17H16BrFO. The fourth-order valence-electron chi connectivity index (χ4n) is 2.13. The summed E-state index contributed by atoms with van der Waals surface area (Å²) in [7, 11) is 0. The van der Waals surface area contributed by atoms with Crippen LogP contribution in [0.1, 0.15) is 23.1 Å². The molecule has 0 N–H and O–H groups in total. The largest absolute Gasteiger partial charge is 0.299 e. The Hall–Kier alpha value is -1.48. The first-order valence-electron chi connectivity index (χ1n) is 6.56. The van der Waals surface area contributed by atoms with Crippen LogP contribution < -0.4 is 0 Å². The van der Waals surface area contributed by atoms with Crippen molar-refractivity contribution in [1.82, 2.24) is 0 Å². The van der Waals surface area contributed by atoms with Gasteiger partial charge < -0.3 is 0 Å². The first-order chi connectivity index (χ1) is 9.56. The number of Topliss-reactive ketones (excluding diaryl/α,β-unsaturated/α-hetero) is 1. The van der Waals surface area contributed by atoms with Crippen molar-refractivity contribution >= 4 is 21.7 Å². The third-order valence-electron chi connectivity index (χ3n) is 3.34. The number of rotatable bonds is 5. The molecule has 3 heteroatoms. The molecule has 0 fully saturated rings. The van der Waals surface area contributed by atoms with Gasteiger partial charge in [0.25, 0.3) is 0 Å². The van der Waals surface area contributed by atoms with Crippen LogP contribution >= 0.6 is 15.9 Å².